The van der Waals surface area contributed by atoms with Gasteiger partial charge in [-0.15, -0.1) is 0 Å². The van der Waals surface area contributed by atoms with E-state index in [1.54, 1.807) is 13.2 Å². The lowest BCUT2D eigenvalue weighted by Gasteiger charge is -2.38. The summed E-state index contributed by atoms with van der Waals surface area (Å²) < 4.78 is 24.3. The minimum absolute atomic E-state index is 0.0618. The molecule has 0 aliphatic heterocycles. The largest absolute Gasteiger partial charge is 0.467 e. The van der Waals surface area contributed by atoms with E-state index in [-0.39, 0.29) is 23.5 Å². The van der Waals surface area contributed by atoms with Gasteiger partial charge in [-0.25, -0.2) is 9.18 Å². The minimum atomic E-state index is -1.04. The molecule has 1 amide bonds. The Kier molecular flexibility index (Phi) is 7.34. The molecule has 0 atom stereocenters. The zero-order valence-corrected chi connectivity index (χ0v) is 18.7. The maximum absolute atomic E-state index is 13.9. The Morgan fingerprint density at radius 1 is 1.13 bits per heavy atom. The molecule has 0 spiro atoms. The molecule has 7 heteroatoms. The second kappa shape index (κ2) is 9.79. The van der Waals surface area contributed by atoms with E-state index >= 15 is 0 Å². The van der Waals surface area contributed by atoms with Gasteiger partial charge in [-0.1, -0.05) is 35.9 Å². The fraction of sp³-hybridized carbons (Fsp3) is 0.417. The van der Waals surface area contributed by atoms with Crippen LogP contribution in [0.1, 0.15) is 36.8 Å². The molecule has 2 aromatic carbocycles. The van der Waals surface area contributed by atoms with Crippen molar-refractivity contribution in [1.29, 1.82) is 0 Å². The molecule has 1 aliphatic carbocycles. The van der Waals surface area contributed by atoms with Crippen LogP contribution in [0.3, 0.4) is 0 Å². The van der Waals surface area contributed by atoms with Crippen LogP contribution in [0, 0.1) is 12.7 Å². The standard InChI is InChI=1S/C24H27ClFNO4/c1-15-4-5-16(17-6-7-20(25)21(26)13-17)12-18(15)14-22(28)27-24(23(29)31-3)10-8-19(30-2)9-11-24/h4-7,12-13,19H,8-11,14H2,1-3H3,(H,27,28). The third-order valence-electron chi connectivity index (χ3n) is 6.03. The molecule has 1 fully saturated rings. The maximum atomic E-state index is 13.9. The molecule has 0 unspecified atom stereocenters. The summed E-state index contributed by atoms with van der Waals surface area (Å²) in [5, 5.41) is 2.99. The van der Waals surface area contributed by atoms with Gasteiger partial charge in [0.2, 0.25) is 5.91 Å². The van der Waals surface area contributed by atoms with Crippen molar-refractivity contribution in [1.82, 2.24) is 5.32 Å². The van der Waals surface area contributed by atoms with Gasteiger partial charge in [0, 0.05) is 7.11 Å². The normalized spacial score (nSPS) is 20.9. The molecule has 5 nitrogen and oxygen atoms in total. The van der Waals surface area contributed by atoms with Crippen LogP contribution in [-0.2, 0) is 25.5 Å². The van der Waals surface area contributed by atoms with Crippen LogP contribution in [0.15, 0.2) is 36.4 Å². The zero-order valence-electron chi connectivity index (χ0n) is 18.0. The van der Waals surface area contributed by atoms with Crippen molar-refractivity contribution in [3.63, 3.8) is 0 Å². The Balaban J connectivity index is 1.79. The molecule has 1 aliphatic rings. The van der Waals surface area contributed by atoms with E-state index in [4.69, 9.17) is 21.1 Å². The molecule has 2 aromatic rings. The van der Waals surface area contributed by atoms with E-state index in [2.05, 4.69) is 5.32 Å². The average molecular weight is 448 g/mol. The predicted octanol–water partition coefficient (Wildman–Crippen LogP) is 4.61. The maximum Gasteiger partial charge on any atom is 0.331 e. The Morgan fingerprint density at radius 3 is 2.39 bits per heavy atom. The number of hydrogen-bond acceptors (Lipinski definition) is 4. The number of aryl methyl sites for hydroxylation is 1. The summed E-state index contributed by atoms with van der Waals surface area (Å²) >= 11 is 5.78. The van der Waals surface area contributed by atoms with Crippen molar-refractivity contribution in [3.8, 4) is 11.1 Å². The first kappa shape index (κ1) is 23.2. The van der Waals surface area contributed by atoms with Gasteiger partial charge in [0.1, 0.15) is 11.4 Å². The molecule has 0 heterocycles. The topological polar surface area (TPSA) is 64.6 Å². The molecule has 1 N–H and O–H groups in total. The SMILES string of the molecule is COC(=O)C1(NC(=O)Cc2cc(-c3ccc(Cl)c(F)c3)ccc2C)CCC(OC)CC1. The van der Waals surface area contributed by atoms with Gasteiger partial charge in [-0.3, -0.25) is 4.79 Å². The number of amides is 1. The number of rotatable bonds is 6. The average Bonchev–Trinajstić information content (AvgIpc) is 2.77. The highest BCUT2D eigenvalue weighted by molar-refractivity contribution is 6.30. The van der Waals surface area contributed by atoms with Crippen LogP contribution in [0.5, 0.6) is 0 Å². The zero-order chi connectivity index (χ0) is 22.6. The first-order valence-electron chi connectivity index (χ1n) is 10.2. The lowest BCUT2D eigenvalue weighted by molar-refractivity contribution is -0.153. The highest BCUT2D eigenvalue weighted by atomic mass is 35.5. The lowest BCUT2D eigenvalue weighted by atomic mass is 9.80. The van der Waals surface area contributed by atoms with Crippen LogP contribution in [0.4, 0.5) is 4.39 Å². The van der Waals surface area contributed by atoms with Crippen molar-refractivity contribution in [2.45, 2.75) is 50.7 Å². The molecule has 0 saturated heterocycles. The summed E-state index contributed by atoms with van der Waals surface area (Å²) in [6.45, 7) is 1.91. The van der Waals surface area contributed by atoms with E-state index in [1.165, 1.54) is 19.2 Å². The fourth-order valence-corrected chi connectivity index (χ4v) is 4.21. The van der Waals surface area contributed by atoms with E-state index in [0.717, 1.165) is 16.7 Å². The smallest absolute Gasteiger partial charge is 0.331 e. The van der Waals surface area contributed by atoms with Crippen LogP contribution in [0.25, 0.3) is 11.1 Å². The summed E-state index contributed by atoms with van der Waals surface area (Å²) in [5.74, 6) is -1.19. The third-order valence-corrected chi connectivity index (χ3v) is 6.33. The number of benzene rings is 2. The number of halogens is 2. The van der Waals surface area contributed by atoms with E-state index in [1.807, 2.05) is 25.1 Å². The number of nitrogens with one attached hydrogen (secondary N) is 1. The van der Waals surface area contributed by atoms with Crippen molar-refractivity contribution in [2.75, 3.05) is 14.2 Å². The molecule has 0 bridgehead atoms. The Bertz CT molecular complexity index is 970. The van der Waals surface area contributed by atoms with Gasteiger partial charge in [0.05, 0.1) is 24.7 Å². The van der Waals surface area contributed by atoms with Gasteiger partial charge < -0.3 is 14.8 Å². The van der Waals surface area contributed by atoms with Gasteiger partial charge in [-0.2, -0.15) is 0 Å². The summed E-state index contributed by atoms with van der Waals surface area (Å²) in [7, 11) is 2.98. The first-order valence-corrected chi connectivity index (χ1v) is 10.6. The number of esters is 1. The Hall–Kier alpha value is -2.44. The van der Waals surface area contributed by atoms with Crippen LogP contribution in [0.2, 0.25) is 5.02 Å². The summed E-state index contributed by atoms with van der Waals surface area (Å²) in [4.78, 5) is 25.4. The number of carbonyl (C=O) groups excluding carboxylic acids is 2. The molecule has 1 saturated carbocycles. The van der Waals surface area contributed by atoms with Crippen molar-refractivity contribution in [2.24, 2.45) is 0 Å². The molecule has 0 aromatic heterocycles. The summed E-state index contributed by atoms with van der Waals surface area (Å²) in [5.41, 5.74) is 2.16. The van der Waals surface area contributed by atoms with Crippen LogP contribution < -0.4 is 5.32 Å². The quantitative estimate of drug-likeness (QED) is 0.656. The highest BCUT2D eigenvalue weighted by Crippen LogP contribution is 2.31. The van der Waals surface area contributed by atoms with Gasteiger partial charge in [0.15, 0.2) is 0 Å². The van der Waals surface area contributed by atoms with Crippen molar-refractivity contribution >= 4 is 23.5 Å². The monoisotopic (exact) mass is 447 g/mol. The summed E-state index contributed by atoms with van der Waals surface area (Å²) in [6, 6.07) is 10.3. The van der Waals surface area contributed by atoms with Gasteiger partial charge >= 0.3 is 5.97 Å². The van der Waals surface area contributed by atoms with Crippen LogP contribution in [-0.4, -0.2) is 37.7 Å². The van der Waals surface area contributed by atoms with Crippen LogP contribution >= 0.6 is 11.6 Å². The number of hydrogen-bond donors (Lipinski definition) is 1. The minimum Gasteiger partial charge on any atom is -0.467 e. The molecular formula is C24H27ClFNO4. The molecule has 31 heavy (non-hydrogen) atoms. The molecular weight excluding hydrogens is 421 g/mol. The fourth-order valence-electron chi connectivity index (χ4n) is 4.10. The number of carbonyl (C=O) groups is 2. The van der Waals surface area contributed by atoms with Crippen molar-refractivity contribution < 1.29 is 23.5 Å². The predicted molar refractivity (Wildman–Crippen MR) is 117 cm³/mol. The van der Waals surface area contributed by atoms with E-state index < -0.39 is 17.3 Å². The first-order chi connectivity index (χ1) is 14.8. The Morgan fingerprint density at radius 2 is 1.77 bits per heavy atom. The summed E-state index contributed by atoms with van der Waals surface area (Å²) in [6.07, 6.45) is 2.45. The molecule has 166 valence electrons. The second-order valence-electron chi connectivity index (χ2n) is 8.00. The highest BCUT2D eigenvalue weighted by Gasteiger charge is 2.44. The third kappa shape index (κ3) is 5.25. The van der Waals surface area contributed by atoms with E-state index in [0.29, 0.717) is 31.2 Å². The van der Waals surface area contributed by atoms with E-state index in [9.17, 15) is 14.0 Å². The number of methoxy groups -OCH3 is 2. The van der Waals surface area contributed by atoms with Gasteiger partial charge in [-0.05, 0) is 67.0 Å². The molecule has 3 rings (SSSR count). The second-order valence-corrected chi connectivity index (χ2v) is 8.41. The Labute approximate surface area is 186 Å². The number of ether oxygens (including phenoxy) is 2. The molecule has 0 radical (unpaired) electrons. The van der Waals surface area contributed by atoms with Gasteiger partial charge in [0.25, 0.3) is 0 Å². The van der Waals surface area contributed by atoms with Crippen molar-refractivity contribution in [3.05, 3.63) is 58.4 Å². The lowest BCUT2D eigenvalue weighted by Crippen LogP contribution is -2.57.